The molecule has 0 saturated carbocycles. The maximum Gasteiger partial charge on any atom is 0.0642 e. The molecule has 0 nitrogen and oxygen atoms in total. The summed E-state index contributed by atoms with van der Waals surface area (Å²) in [7, 11) is 0. The summed E-state index contributed by atoms with van der Waals surface area (Å²) in [5.41, 5.74) is 22.7. The Labute approximate surface area is 382 Å². The lowest BCUT2D eigenvalue weighted by Crippen LogP contribution is -1.91. The average molecular weight is 861 g/mol. The van der Waals surface area contributed by atoms with Crippen molar-refractivity contribution in [1.29, 1.82) is 0 Å². The molecule has 8 aromatic carbocycles. The monoisotopic (exact) mass is 860 g/mol. The van der Waals surface area contributed by atoms with E-state index >= 15 is 0 Å². The van der Waals surface area contributed by atoms with E-state index in [4.69, 9.17) is 0 Å². The Morgan fingerprint density at radius 3 is 0.794 bits per heavy atom. The molecule has 0 aliphatic carbocycles. The van der Waals surface area contributed by atoms with Crippen molar-refractivity contribution in [2.24, 2.45) is 0 Å². The largest absolute Gasteiger partial charge is 0.132 e. The molecule has 302 valence electrons. The van der Waals surface area contributed by atoms with Crippen LogP contribution < -0.4 is 0 Å². The van der Waals surface area contributed by atoms with Crippen molar-refractivity contribution in [2.45, 2.75) is 27.7 Å². The molecule has 63 heavy (non-hydrogen) atoms. The van der Waals surface area contributed by atoms with Crippen molar-refractivity contribution in [1.82, 2.24) is 0 Å². The number of thiophene rings is 3. The minimum Gasteiger partial charge on any atom is -0.132 e. The van der Waals surface area contributed by atoms with Gasteiger partial charge in [-0.1, -0.05) is 216 Å². The zero-order valence-electron chi connectivity index (χ0n) is 35.7. The first-order chi connectivity index (χ1) is 30.9. The quantitative estimate of drug-likeness (QED) is 0.143. The van der Waals surface area contributed by atoms with Crippen LogP contribution in [-0.2, 0) is 0 Å². The molecule has 0 atom stereocenters. The first kappa shape index (κ1) is 39.2. The van der Waals surface area contributed by atoms with Gasteiger partial charge < -0.3 is 0 Å². The summed E-state index contributed by atoms with van der Waals surface area (Å²) in [5, 5.41) is 0. The second-order valence-electron chi connectivity index (χ2n) is 16.7. The van der Waals surface area contributed by atoms with Gasteiger partial charge in [-0.3, -0.25) is 0 Å². The molecule has 0 radical (unpaired) electrons. The smallest absolute Gasteiger partial charge is 0.0642 e. The Kier molecular flexibility index (Phi) is 10.1. The molecular formula is C60H44S3. The van der Waals surface area contributed by atoms with E-state index in [1.54, 1.807) is 0 Å². The third-order valence-electron chi connectivity index (χ3n) is 12.3. The van der Waals surface area contributed by atoms with Crippen molar-refractivity contribution in [3.8, 4) is 87.6 Å². The molecule has 0 saturated heterocycles. The summed E-state index contributed by atoms with van der Waals surface area (Å²) in [6.45, 7) is 8.67. The minimum absolute atomic E-state index is 1.23. The van der Waals surface area contributed by atoms with E-state index in [0.717, 1.165) is 0 Å². The van der Waals surface area contributed by atoms with Gasteiger partial charge in [-0.05, 0) is 83.3 Å². The molecule has 3 heteroatoms. The van der Waals surface area contributed by atoms with Crippen molar-refractivity contribution in [3.63, 3.8) is 0 Å². The van der Waals surface area contributed by atoms with Gasteiger partial charge in [-0.2, -0.15) is 0 Å². The van der Waals surface area contributed by atoms with E-state index in [2.05, 4.69) is 222 Å². The Hall–Kier alpha value is -6.62. The number of hydrogen-bond donors (Lipinski definition) is 0. The first-order valence-electron chi connectivity index (χ1n) is 21.6. The lowest BCUT2D eigenvalue weighted by atomic mass is 9.88. The molecule has 0 spiro atoms. The van der Waals surface area contributed by atoms with Gasteiger partial charge in [-0.25, -0.2) is 0 Å². The fourth-order valence-electron chi connectivity index (χ4n) is 9.00. The van der Waals surface area contributed by atoms with Crippen LogP contribution in [0.3, 0.4) is 0 Å². The summed E-state index contributed by atoms with van der Waals surface area (Å²) in [5.74, 6) is 0. The second kappa shape index (κ2) is 16.3. The van der Waals surface area contributed by atoms with E-state index in [-0.39, 0.29) is 0 Å². The molecule has 11 aromatic rings. The Morgan fingerprint density at radius 1 is 0.222 bits per heavy atom. The van der Waals surface area contributed by atoms with Gasteiger partial charge in [0.25, 0.3) is 0 Å². The normalized spacial score (nSPS) is 11.5. The number of fused-ring (bicyclic) bond motifs is 3. The van der Waals surface area contributed by atoms with Crippen LogP contribution >= 0.6 is 34.0 Å². The Bertz CT molecular complexity index is 3060. The maximum absolute atomic E-state index is 2.32. The van der Waals surface area contributed by atoms with Crippen molar-refractivity contribution < 1.29 is 0 Å². The summed E-state index contributed by atoms with van der Waals surface area (Å²) < 4.78 is 5.42. The van der Waals surface area contributed by atoms with Crippen molar-refractivity contribution >= 4 is 52.8 Å². The topological polar surface area (TPSA) is 0 Å². The highest BCUT2D eigenvalue weighted by atomic mass is 32.1. The van der Waals surface area contributed by atoms with E-state index in [1.165, 1.54) is 129 Å². The minimum atomic E-state index is 1.23. The van der Waals surface area contributed by atoms with Gasteiger partial charge in [0, 0.05) is 32.0 Å². The van der Waals surface area contributed by atoms with Gasteiger partial charge in [0.2, 0.25) is 0 Å². The predicted octanol–water partition coefficient (Wildman–Crippen LogP) is 18.7. The summed E-state index contributed by atoms with van der Waals surface area (Å²) in [6, 6.07) is 72.2. The molecular weight excluding hydrogens is 817 g/mol. The lowest BCUT2D eigenvalue weighted by Gasteiger charge is -2.17. The third-order valence-corrected chi connectivity index (χ3v) is 16.4. The number of hydrogen-bond acceptors (Lipinski definition) is 3. The first-order valence-corrected chi connectivity index (χ1v) is 24.0. The molecule has 0 bridgehead atoms. The van der Waals surface area contributed by atoms with Crippen LogP contribution in [0, 0.1) is 27.7 Å². The summed E-state index contributed by atoms with van der Waals surface area (Å²) in [4.78, 5) is 2.63. The highest BCUT2D eigenvalue weighted by molar-refractivity contribution is 7.41. The molecule has 3 aromatic heterocycles. The predicted molar refractivity (Wildman–Crippen MR) is 278 cm³/mol. The van der Waals surface area contributed by atoms with Crippen LogP contribution in [0.5, 0.6) is 0 Å². The van der Waals surface area contributed by atoms with Crippen molar-refractivity contribution in [2.75, 3.05) is 0 Å². The zero-order chi connectivity index (χ0) is 42.6. The zero-order valence-corrected chi connectivity index (χ0v) is 38.1. The molecule has 11 rings (SSSR count). The summed E-state index contributed by atoms with van der Waals surface area (Å²) >= 11 is 5.91. The van der Waals surface area contributed by atoms with Crippen LogP contribution in [0.1, 0.15) is 22.3 Å². The van der Waals surface area contributed by atoms with E-state index in [9.17, 15) is 0 Å². The van der Waals surface area contributed by atoms with Gasteiger partial charge in [-0.15, -0.1) is 34.0 Å². The molecule has 0 aliphatic heterocycles. The molecule has 0 N–H and O–H groups in total. The van der Waals surface area contributed by atoms with Gasteiger partial charge in [0.05, 0.1) is 18.8 Å². The standard InChI is InChI=1S/C60H44S3/c1-37-21-29-41(30-22-37)47-17-11-18-48(42-31-23-38(2)24-32-42)53(47)55-51(45-13-7-5-8-14-45)57-59(61-55)60-58(63-57)52(46-15-9-6-10-16-46)56(62-60)54-49(43-33-25-39(3)26-34-43)19-12-20-50(54)44-35-27-40(4)28-36-44/h5-36H,1-4H3. The van der Waals surface area contributed by atoms with Gasteiger partial charge in [0.15, 0.2) is 0 Å². The van der Waals surface area contributed by atoms with Gasteiger partial charge in [0.1, 0.15) is 0 Å². The van der Waals surface area contributed by atoms with Crippen LogP contribution in [0.15, 0.2) is 194 Å². The van der Waals surface area contributed by atoms with E-state index in [1.807, 2.05) is 34.0 Å². The highest BCUT2D eigenvalue weighted by Gasteiger charge is 2.29. The number of aryl methyl sites for hydroxylation is 4. The Balaban J connectivity index is 1.25. The third kappa shape index (κ3) is 7.07. The fourth-order valence-corrected chi connectivity index (χ4v) is 13.7. The van der Waals surface area contributed by atoms with E-state index < -0.39 is 0 Å². The Morgan fingerprint density at radius 2 is 0.508 bits per heavy atom. The van der Waals surface area contributed by atoms with Crippen LogP contribution in [0.2, 0.25) is 0 Å². The highest BCUT2D eigenvalue weighted by Crippen LogP contribution is 2.60. The van der Waals surface area contributed by atoms with E-state index in [0.29, 0.717) is 0 Å². The van der Waals surface area contributed by atoms with Crippen LogP contribution in [-0.4, -0.2) is 0 Å². The molecule has 0 aliphatic rings. The van der Waals surface area contributed by atoms with Crippen LogP contribution in [0.25, 0.3) is 106 Å². The number of rotatable bonds is 8. The fraction of sp³-hybridized carbons (Fsp3) is 0.0667. The molecule has 3 heterocycles. The molecule has 0 fully saturated rings. The summed E-state index contributed by atoms with van der Waals surface area (Å²) in [6.07, 6.45) is 0. The molecule has 0 unspecified atom stereocenters. The van der Waals surface area contributed by atoms with Crippen molar-refractivity contribution in [3.05, 3.63) is 216 Å². The SMILES string of the molecule is Cc1ccc(-c2cccc(-c3ccc(C)cc3)c2-c2sc3c(sc4c(-c5ccccc5)c(-c5c(-c6ccc(C)cc6)cccc5-c5ccc(C)cc5)sc43)c2-c2ccccc2)cc1. The second-order valence-corrected chi connectivity index (χ2v) is 19.7. The van der Waals surface area contributed by atoms with Gasteiger partial charge >= 0.3 is 0 Å². The number of benzene rings is 8. The van der Waals surface area contributed by atoms with Crippen LogP contribution in [0.4, 0.5) is 0 Å². The lowest BCUT2D eigenvalue weighted by molar-refractivity contribution is 1.46. The average Bonchev–Trinajstić information content (AvgIpc) is 3.99. The molecule has 0 amide bonds. The maximum atomic E-state index is 2.32.